The molecular formula is C19H42N2O3. The largest absolute Gasteiger partial charge is 0.356 e. The minimum Gasteiger partial charge on any atom is -0.356 e. The van der Waals surface area contributed by atoms with Crippen molar-refractivity contribution < 1.29 is 10.4 Å². The van der Waals surface area contributed by atoms with Crippen LogP contribution in [0, 0.1) is 15.3 Å². The molecule has 0 aliphatic rings. The fourth-order valence-electron chi connectivity index (χ4n) is 2.81. The van der Waals surface area contributed by atoms with Gasteiger partial charge in [0, 0.05) is 0 Å². The van der Waals surface area contributed by atoms with Gasteiger partial charge < -0.3 is 20.6 Å². The van der Waals surface area contributed by atoms with Gasteiger partial charge in [0.15, 0.2) is 0 Å². The molecule has 24 heavy (non-hydrogen) atoms. The highest BCUT2D eigenvalue weighted by Crippen LogP contribution is 2.09. The Morgan fingerprint density at radius 3 is 1.12 bits per heavy atom. The number of unbranched alkanes of at least 4 members (excludes halogenated alkanes) is 13. The van der Waals surface area contributed by atoms with Gasteiger partial charge in [-0.1, -0.05) is 84.5 Å². The summed E-state index contributed by atoms with van der Waals surface area (Å²) in [5, 5.41) is 17.3. The Balaban J connectivity index is 0. The van der Waals surface area contributed by atoms with Crippen LogP contribution in [0.1, 0.15) is 110 Å². The van der Waals surface area contributed by atoms with Crippen LogP contribution in [0.5, 0.6) is 0 Å². The van der Waals surface area contributed by atoms with Crippen LogP contribution in [0.4, 0.5) is 0 Å². The Morgan fingerprint density at radius 2 is 0.833 bits per heavy atom. The monoisotopic (exact) mass is 346 g/mol. The highest BCUT2D eigenvalue weighted by Gasteiger charge is 1.95. The summed E-state index contributed by atoms with van der Waals surface area (Å²) in [4.78, 5) is 8.25. The quantitative estimate of drug-likeness (QED) is 0.223. The number of nitrogens with zero attached hydrogens (tertiary/aromatic N) is 1. The second-order valence-corrected chi connectivity index (χ2v) is 6.69. The van der Waals surface area contributed by atoms with Gasteiger partial charge in [0.05, 0.1) is 18.2 Å². The number of nitrogens with two attached hydrogens (primary N) is 1. The summed E-state index contributed by atoms with van der Waals surface area (Å²) < 4.78 is 0. The zero-order valence-electron chi connectivity index (χ0n) is 16.3. The van der Waals surface area contributed by atoms with Crippen molar-refractivity contribution in [3.8, 4) is 0 Å². The van der Waals surface area contributed by atoms with Crippen LogP contribution < -0.4 is 5.32 Å². The normalized spacial score (nSPS) is 10.2. The molecule has 0 aromatic heterocycles. The first-order chi connectivity index (χ1) is 11.6. The summed E-state index contributed by atoms with van der Waals surface area (Å²) in [5.74, 6) is 0. The maximum atomic E-state index is 8.25. The van der Waals surface area contributed by atoms with Gasteiger partial charge in [-0.15, -0.1) is 0 Å². The number of rotatable bonds is 17. The number of hydrogen-bond acceptors (Lipinski definition) is 3. The molecule has 0 heterocycles. The Hall–Kier alpha value is -0.840. The number of hydrogen-bond donors (Lipinski definition) is 1. The first kappa shape index (κ1) is 25.4. The lowest BCUT2D eigenvalue weighted by atomic mass is 10.1. The minimum absolute atomic E-state index is 1.36. The van der Waals surface area contributed by atoms with E-state index in [0.717, 1.165) is 0 Å². The maximum absolute atomic E-state index is 8.25. The predicted octanol–water partition coefficient (Wildman–Crippen LogP) is 5.20. The molecular weight excluding hydrogens is 304 g/mol. The predicted molar refractivity (Wildman–Crippen MR) is 103 cm³/mol. The van der Waals surface area contributed by atoms with Crippen LogP contribution in [0.25, 0.3) is 0 Å². The summed E-state index contributed by atoms with van der Waals surface area (Å²) in [6.07, 6.45) is 21.7. The van der Waals surface area contributed by atoms with E-state index >= 15 is 0 Å². The molecule has 0 amide bonds. The molecule has 5 nitrogen and oxygen atoms in total. The zero-order valence-corrected chi connectivity index (χ0v) is 16.3. The Labute approximate surface area is 149 Å². The van der Waals surface area contributed by atoms with E-state index in [1.165, 1.54) is 109 Å². The second kappa shape index (κ2) is 24.4. The SMILES string of the molecule is CCCCCCCCCCCC[NH2+]CCCCCCC.O=[N+]([O-])[O-]. The maximum Gasteiger partial charge on any atom is 0.0755 e. The van der Waals surface area contributed by atoms with E-state index in [1.807, 2.05) is 0 Å². The van der Waals surface area contributed by atoms with Crippen molar-refractivity contribution >= 4 is 0 Å². The van der Waals surface area contributed by atoms with Gasteiger partial charge in [-0.25, -0.2) is 0 Å². The summed E-state index contributed by atoms with van der Waals surface area (Å²) in [5.41, 5.74) is 0. The zero-order chi connectivity index (χ0) is 18.3. The van der Waals surface area contributed by atoms with Crippen LogP contribution in [0.15, 0.2) is 0 Å². The molecule has 0 aliphatic heterocycles. The van der Waals surface area contributed by atoms with Crippen molar-refractivity contribution in [3.05, 3.63) is 15.3 Å². The minimum atomic E-state index is -1.75. The molecule has 0 bridgehead atoms. The van der Waals surface area contributed by atoms with Gasteiger partial charge in [-0.05, 0) is 25.7 Å². The van der Waals surface area contributed by atoms with E-state index in [1.54, 1.807) is 0 Å². The Morgan fingerprint density at radius 1 is 0.583 bits per heavy atom. The highest BCUT2D eigenvalue weighted by atomic mass is 16.9. The van der Waals surface area contributed by atoms with Crippen molar-refractivity contribution in [1.29, 1.82) is 0 Å². The second-order valence-electron chi connectivity index (χ2n) is 6.69. The molecule has 0 aromatic rings. The molecule has 0 atom stereocenters. The van der Waals surface area contributed by atoms with Gasteiger partial charge in [-0.3, -0.25) is 0 Å². The van der Waals surface area contributed by atoms with E-state index in [-0.39, 0.29) is 0 Å². The summed E-state index contributed by atoms with van der Waals surface area (Å²) in [6.45, 7) is 7.31. The molecule has 0 aromatic carbocycles. The van der Waals surface area contributed by atoms with Crippen LogP contribution >= 0.6 is 0 Å². The molecule has 0 spiro atoms. The molecule has 0 aliphatic carbocycles. The molecule has 0 rings (SSSR count). The smallest absolute Gasteiger partial charge is 0.0755 e. The lowest BCUT2D eigenvalue weighted by molar-refractivity contribution is -0.655. The summed E-state index contributed by atoms with van der Waals surface area (Å²) >= 11 is 0. The lowest BCUT2D eigenvalue weighted by Crippen LogP contribution is -2.84. The fourth-order valence-corrected chi connectivity index (χ4v) is 2.81. The van der Waals surface area contributed by atoms with E-state index < -0.39 is 5.09 Å². The van der Waals surface area contributed by atoms with Crippen molar-refractivity contribution in [2.24, 2.45) is 0 Å². The van der Waals surface area contributed by atoms with Crippen molar-refractivity contribution in [1.82, 2.24) is 0 Å². The molecule has 0 unspecified atom stereocenters. The van der Waals surface area contributed by atoms with Crippen molar-refractivity contribution in [3.63, 3.8) is 0 Å². The molecule has 2 N–H and O–H groups in total. The molecule has 0 saturated heterocycles. The fraction of sp³-hybridized carbons (Fsp3) is 1.00. The van der Waals surface area contributed by atoms with E-state index in [2.05, 4.69) is 19.2 Å². The lowest BCUT2D eigenvalue weighted by Gasteiger charge is -2.03. The van der Waals surface area contributed by atoms with Crippen molar-refractivity contribution in [2.75, 3.05) is 13.1 Å². The van der Waals surface area contributed by atoms with Crippen LogP contribution in [0.3, 0.4) is 0 Å². The van der Waals surface area contributed by atoms with Crippen LogP contribution in [-0.2, 0) is 0 Å². The molecule has 0 fully saturated rings. The third-order valence-electron chi connectivity index (χ3n) is 4.27. The third kappa shape index (κ3) is 32.9. The summed E-state index contributed by atoms with van der Waals surface area (Å²) in [7, 11) is 0. The van der Waals surface area contributed by atoms with Gasteiger partial charge in [0.1, 0.15) is 0 Å². The molecule has 146 valence electrons. The number of quaternary nitrogens is 1. The van der Waals surface area contributed by atoms with E-state index in [9.17, 15) is 0 Å². The summed E-state index contributed by atoms with van der Waals surface area (Å²) in [6, 6.07) is 0. The van der Waals surface area contributed by atoms with Crippen LogP contribution in [0.2, 0.25) is 0 Å². The standard InChI is InChI=1S/C19H41N.NO3/c1-3-5-7-9-10-11-12-13-15-17-19-20-18-16-14-8-6-4-2;2-1(3)4/h20H,3-19H2,1-2H3;/q;-1/p+1. The molecule has 0 radical (unpaired) electrons. The third-order valence-corrected chi connectivity index (χ3v) is 4.27. The van der Waals surface area contributed by atoms with Crippen LogP contribution in [-0.4, -0.2) is 18.2 Å². The topological polar surface area (TPSA) is 82.8 Å². The van der Waals surface area contributed by atoms with Crippen molar-refractivity contribution in [2.45, 2.75) is 110 Å². The average molecular weight is 347 g/mol. The van der Waals surface area contributed by atoms with Gasteiger partial charge >= 0.3 is 0 Å². The Bertz CT molecular complexity index is 217. The van der Waals surface area contributed by atoms with E-state index in [0.29, 0.717) is 0 Å². The average Bonchev–Trinajstić information content (AvgIpc) is 2.54. The molecule has 5 heteroatoms. The highest BCUT2D eigenvalue weighted by molar-refractivity contribution is 4.47. The van der Waals surface area contributed by atoms with E-state index in [4.69, 9.17) is 15.3 Å². The van der Waals surface area contributed by atoms with Gasteiger partial charge in [-0.2, -0.15) is 0 Å². The molecule has 0 saturated carbocycles. The Kier molecular flexibility index (Phi) is 25.8. The van der Waals surface area contributed by atoms with Gasteiger partial charge in [0.25, 0.3) is 0 Å². The van der Waals surface area contributed by atoms with Gasteiger partial charge in [0.2, 0.25) is 0 Å². The first-order valence-corrected chi connectivity index (χ1v) is 10.3. The first-order valence-electron chi connectivity index (χ1n) is 10.3.